The first-order valence-electron chi connectivity index (χ1n) is 9.75. The Kier molecular flexibility index (Phi) is 7.67. The van der Waals surface area contributed by atoms with Crippen molar-refractivity contribution in [2.75, 3.05) is 30.9 Å². The molecule has 3 aromatic carbocycles. The zero-order valence-corrected chi connectivity index (χ0v) is 19.8. The van der Waals surface area contributed by atoms with Gasteiger partial charge in [-0.1, -0.05) is 17.7 Å². The van der Waals surface area contributed by atoms with Crippen LogP contribution in [-0.2, 0) is 14.8 Å². The summed E-state index contributed by atoms with van der Waals surface area (Å²) >= 11 is 6.05. The molecule has 174 valence electrons. The van der Waals surface area contributed by atoms with Crippen LogP contribution < -0.4 is 24.2 Å². The molecule has 0 aliphatic heterocycles. The molecule has 3 rings (SSSR count). The molecule has 0 fully saturated rings. The predicted molar refractivity (Wildman–Crippen MR) is 127 cm³/mol. The second-order valence-electron chi connectivity index (χ2n) is 6.94. The minimum absolute atomic E-state index is 0.0407. The summed E-state index contributed by atoms with van der Waals surface area (Å²) in [6.07, 6.45) is 0. The van der Waals surface area contributed by atoms with Crippen LogP contribution in [0.2, 0.25) is 5.02 Å². The zero-order chi connectivity index (χ0) is 24.0. The molecule has 8 nitrogen and oxygen atoms in total. The fourth-order valence-electron chi connectivity index (χ4n) is 2.82. The number of benzene rings is 3. The normalized spacial score (nSPS) is 10.9. The van der Waals surface area contributed by atoms with Crippen LogP contribution in [0, 0.1) is 6.92 Å². The van der Waals surface area contributed by atoms with Gasteiger partial charge in [0.15, 0.2) is 6.61 Å². The quantitative estimate of drug-likeness (QED) is 0.458. The number of hydrogen-bond donors (Lipinski definition) is 2. The Morgan fingerprint density at radius 1 is 0.939 bits per heavy atom. The van der Waals surface area contributed by atoms with E-state index < -0.39 is 15.9 Å². The molecule has 33 heavy (non-hydrogen) atoms. The maximum absolute atomic E-state index is 12.6. The standard InChI is InChI=1S/C23H23ClN2O6S/c1-15-4-5-16(12-20(15)24)26-33(28,29)19-9-6-17(7-10-19)32-14-23(27)25-21-11-8-18(30-2)13-22(21)31-3/h4-13,26H,14H2,1-3H3,(H,25,27). The van der Waals surface area contributed by atoms with E-state index in [4.69, 9.17) is 25.8 Å². The number of carbonyl (C=O) groups is 1. The third-order valence-corrected chi connectivity index (χ3v) is 6.42. The maximum Gasteiger partial charge on any atom is 0.262 e. The van der Waals surface area contributed by atoms with Gasteiger partial charge in [-0.25, -0.2) is 8.42 Å². The summed E-state index contributed by atoms with van der Waals surface area (Å²) in [6.45, 7) is 1.55. The van der Waals surface area contributed by atoms with Crippen LogP contribution in [-0.4, -0.2) is 35.2 Å². The van der Waals surface area contributed by atoms with E-state index in [1.165, 1.54) is 38.5 Å². The number of nitrogens with one attached hydrogen (secondary N) is 2. The van der Waals surface area contributed by atoms with Crippen molar-refractivity contribution in [3.8, 4) is 17.2 Å². The third kappa shape index (κ3) is 6.30. The SMILES string of the molecule is COc1ccc(NC(=O)COc2ccc(S(=O)(=O)Nc3ccc(C)c(Cl)c3)cc2)c(OC)c1. The van der Waals surface area contributed by atoms with Crippen LogP contribution in [0.25, 0.3) is 0 Å². The van der Waals surface area contributed by atoms with Gasteiger partial charge >= 0.3 is 0 Å². The molecule has 0 aromatic heterocycles. The lowest BCUT2D eigenvalue weighted by molar-refractivity contribution is -0.118. The maximum atomic E-state index is 12.6. The van der Waals surface area contributed by atoms with Gasteiger partial charge in [0, 0.05) is 11.1 Å². The summed E-state index contributed by atoms with van der Waals surface area (Å²) < 4.78 is 43.5. The molecule has 0 radical (unpaired) electrons. The minimum Gasteiger partial charge on any atom is -0.497 e. The molecule has 0 bridgehead atoms. The highest BCUT2D eigenvalue weighted by molar-refractivity contribution is 7.92. The summed E-state index contributed by atoms with van der Waals surface area (Å²) in [4.78, 5) is 12.3. The molecule has 0 unspecified atom stereocenters. The summed E-state index contributed by atoms with van der Waals surface area (Å²) in [7, 11) is -0.795. The molecule has 0 aliphatic rings. The van der Waals surface area contributed by atoms with Crippen LogP contribution in [0.4, 0.5) is 11.4 Å². The van der Waals surface area contributed by atoms with E-state index >= 15 is 0 Å². The first-order chi connectivity index (χ1) is 15.7. The number of carbonyl (C=O) groups excluding carboxylic acids is 1. The summed E-state index contributed by atoms with van der Waals surface area (Å²) in [5.74, 6) is 0.966. The number of anilines is 2. The molecule has 0 saturated heterocycles. The Hall–Kier alpha value is -3.43. The summed E-state index contributed by atoms with van der Waals surface area (Å²) in [5, 5.41) is 3.16. The lowest BCUT2D eigenvalue weighted by atomic mass is 10.2. The van der Waals surface area contributed by atoms with E-state index in [1.807, 2.05) is 6.92 Å². The molecule has 10 heteroatoms. The lowest BCUT2D eigenvalue weighted by Gasteiger charge is -2.12. The fourth-order valence-corrected chi connectivity index (χ4v) is 4.05. The van der Waals surface area contributed by atoms with Crippen LogP contribution in [0.5, 0.6) is 17.2 Å². The number of aryl methyl sites for hydroxylation is 1. The molecule has 0 spiro atoms. The monoisotopic (exact) mass is 490 g/mol. The first kappa shape index (κ1) is 24.2. The van der Waals surface area contributed by atoms with Crippen molar-refractivity contribution in [1.82, 2.24) is 0 Å². The topological polar surface area (TPSA) is 103 Å². The number of methoxy groups -OCH3 is 2. The van der Waals surface area contributed by atoms with Gasteiger partial charge in [-0.3, -0.25) is 9.52 Å². The van der Waals surface area contributed by atoms with Crippen molar-refractivity contribution in [2.45, 2.75) is 11.8 Å². The van der Waals surface area contributed by atoms with Crippen molar-refractivity contribution < 1.29 is 27.4 Å². The van der Waals surface area contributed by atoms with Crippen LogP contribution in [0.15, 0.2) is 65.6 Å². The van der Waals surface area contributed by atoms with E-state index in [0.717, 1.165) is 5.56 Å². The second kappa shape index (κ2) is 10.5. The lowest BCUT2D eigenvalue weighted by Crippen LogP contribution is -2.20. The highest BCUT2D eigenvalue weighted by Gasteiger charge is 2.15. The minimum atomic E-state index is -3.81. The van der Waals surface area contributed by atoms with Crippen molar-refractivity contribution >= 4 is 38.9 Å². The van der Waals surface area contributed by atoms with Gasteiger partial charge in [-0.2, -0.15) is 0 Å². The van der Waals surface area contributed by atoms with Gasteiger partial charge in [-0.15, -0.1) is 0 Å². The average molecular weight is 491 g/mol. The summed E-state index contributed by atoms with van der Waals surface area (Å²) in [6, 6.07) is 15.6. The average Bonchev–Trinajstić information content (AvgIpc) is 2.80. The van der Waals surface area contributed by atoms with Gasteiger partial charge in [0.25, 0.3) is 15.9 Å². The predicted octanol–water partition coefficient (Wildman–Crippen LogP) is 4.48. The number of rotatable bonds is 9. The molecule has 0 saturated carbocycles. The third-order valence-electron chi connectivity index (χ3n) is 4.61. The molecular weight excluding hydrogens is 468 g/mol. The Bertz CT molecular complexity index is 1250. The van der Waals surface area contributed by atoms with Gasteiger partial charge in [0.2, 0.25) is 0 Å². The summed E-state index contributed by atoms with van der Waals surface area (Å²) in [5.41, 5.74) is 1.67. The van der Waals surface area contributed by atoms with Crippen molar-refractivity contribution in [3.63, 3.8) is 0 Å². The van der Waals surface area contributed by atoms with Crippen LogP contribution in [0.1, 0.15) is 5.56 Å². The van der Waals surface area contributed by atoms with Crippen molar-refractivity contribution in [2.24, 2.45) is 0 Å². The number of sulfonamides is 1. The van der Waals surface area contributed by atoms with Crippen LogP contribution in [0.3, 0.4) is 0 Å². The van der Waals surface area contributed by atoms with Crippen molar-refractivity contribution in [1.29, 1.82) is 0 Å². The largest absolute Gasteiger partial charge is 0.497 e. The van der Waals surface area contributed by atoms with E-state index in [-0.39, 0.29) is 11.5 Å². The van der Waals surface area contributed by atoms with E-state index in [2.05, 4.69) is 10.0 Å². The van der Waals surface area contributed by atoms with Crippen LogP contribution >= 0.6 is 11.6 Å². The van der Waals surface area contributed by atoms with E-state index in [1.54, 1.807) is 36.4 Å². The fraction of sp³-hybridized carbons (Fsp3) is 0.174. The zero-order valence-electron chi connectivity index (χ0n) is 18.2. The molecule has 0 aliphatic carbocycles. The highest BCUT2D eigenvalue weighted by Crippen LogP contribution is 2.29. The molecule has 3 aromatic rings. The first-order valence-corrected chi connectivity index (χ1v) is 11.6. The Labute approximate surface area is 197 Å². The molecule has 0 heterocycles. The number of amides is 1. The number of hydrogen-bond acceptors (Lipinski definition) is 6. The Morgan fingerprint density at radius 3 is 2.27 bits per heavy atom. The smallest absolute Gasteiger partial charge is 0.262 e. The molecule has 1 amide bonds. The Balaban J connectivity index is 1.60. The molecule has 0 atom stereocenters. The van der Waals surface area contributed by atoms with Gasteiger partial charge in [0.1, 0.15) is 17.2 Å². The highest BCUT2D eigenvalue weighted by atomic mass is 35.5. The van der Waals surface area contributed by atoms with Gasteiger partial charge in [0.05, 0.1) is 30.5 Å². The van der Waals surface area contributed by atoms with E-state index in [0.29, 0.717) is 33.6 Å². The number of ether oxygens (including phenoxy) is 3. The van der Waals surface area contributed by atoms with Gasteiger partial charge in [-0.05, 0) is 61.0 Å². The number of halogens is 1. The van der Waals surface area contributed by atoms with E-state index in [9.17, 15) is 13.2 Å². The Morgan fingerprint density at radius 2 is 1.64 bits per heavy atom. The van der Waals surface area contributed by atoms with Crippen molar-refractivity contribution in [3.05, 3.63) is 71.2 Å². The molecule has 2 N–H and O–H groups in total. The second-order valence-corrected chi connectivity index (χ2v) is 9.03. The van der Waals surface area contributed by atoms with Gasteiger partial charge < -0.3 is 19.5 Å². The molecular formula is C23H23ClN2O6S.